The van der Waals surface area contributed by atoms with E-state index in [1.54, 1.807) is 19.1 Å². The summed E-state index contributed by atoms with van der Waals surface area (Å²) in [5.41, 5.74) is -0.448. The second-order valence-corrected chi connectivity index (χ2v) is 10.1. The Balaban J connectivity index is 2.46. The summed E-state index contributed by atoms with van der Waals surface area (Å²) >= 11 is 0. The Morgan fingerprint density at radius 3 is 2.00 bits per heavy atom. The van der Waals surface area contributed by atoms with Gasteiger partial charge in [-0.05, 0) is 49.3 Å². The lowest BCUT2D eigenvalue weighted by Crippen LogP contribution is -2.26. The maximum Gasteiger partial charge on any atom is 0.437 e. The molecule has 10 heteroatoms. The van der Waals surface area contributed by atoms with E-state index in [-0.39, 0.29) is 4.90 Å². The van der Waals surface area contributed by atoms with Crippen molar-refractivity contribution in [2.45, 2.75) is 65.1 Å². The van der Waals surface area contributed by atoms with Crippen LogP contribution in [0.2, 0.25) is 0 Å². The van der Waals surface area contributed by atoms with Crippen LogP contribution in [0.5, 0.6) is 0 Å². The largest absolute Gasteiger partial charge is 0.437 e. The van der Waals surface area contributed by atoms with Gasteiger partial charge in [0.05, 0.1) is 0 Å². The van der Waals surface area contributed by atoms with Crippen LogP contribution in [-0.4, -0.2) is 25.6 Å². The molecule has 2 rings (SSSR count). The molecule has 0 radical (unpaired) electrons. The summed E-state index contributed by atoms with van der Waals surface area (Å²) in [6, 6.07) is 8.15. The molecule has 0 saturated heterocycles. The molecule has 0 saturated carbocycles. The van der Waals surface area contributed by atoms with Crippen molar-refractivity contribution < 1.29 is 36.0 Å². The average molecular weight is 488 g/mol. The fourth-order valence-electron chi connectivity index (χ4n) is 3.61. The first-order valence-electron chi connectivity index (χ1n) is 10.2. The molecule has 1 unspecified atom stereocenters. The van der Waals surface area contributed by atoms with Gasteiger partial charge >= 0.3 is 16.3 Å². The lowest BCUT2D eigenvalue weighted by atomic mass is 9.80. The maximum absolute atomic E-state index is 13.7. The minimum atomic E-state index is -4.98. The van der Waals surface area contributed by atoms with E-state index < -0.39 is 39.1 Å². The van der Waals surface area contributed by atoms with Gasteiger partial charge in [0.25, 0.3) is 0 Å². The van der Waals surface area contributed by atoms with Crippen LogP contribution in [0.4, 0.5) is 13.2 Å². The van der Waals surface area contributed by atoms with Crippen LogP contribution in [0.1, 0.15) is 61.1 Å². The number of nitrogens with zero attached hydrogens (tertiary/aromatic N) is 1. The first-order chi connectivity index (χ1) is 15.1. The lowest BCUT2D eigenvalue weighted by molar-refractivity contribution is -0.305. The molecule has 0 aliphatic heterocycles. The summed E-state index contributed by atoms with van der Waals surface area (Å²) in [5, 5.41) is 12.3. The molecule has 2 aromatic carbocycles. The third kappa shape index (κ3) is 6.13. The van der Waals surface area contributed by atoms with Gasteiger partial charge in [0.1, 0.15) is 11.0 Å². The molecule has 1 atom stereocenters. The predicted molar refractivity (Wildman–Crippen MR) is 118 cm³/mol. The summed E-state index contributed by atoms with van der Waals surface area (Å²) in [6.45, 7) is 10.4. The second-order valence-electron chi connectivity index (χ2n) is 8.64. The van der Waals surface area contributed by atoms with Crippen molar-refractivity contribution in [3.63, 3.8) is 0 Å². The molecule has 1 N–H and O–H groups in total. The minimum Gasteiger partial charge on any atom is -0.264 e. The Hall–Kier alpha value is -2.43. The Morgan fingerprint density at radius 2 is 1.58 bits per heavy atom. The maximum atomic E-state index is 13.7. The molecule has 0 aliphatic rings. The van der Waals surface area contributed by atoms with Gasteiger partial charge in [-0.2, -0.15) is 21.6 Å². The van der Waals surface area contributed by atoms with Gasteiger partial charge in [0, 0.05) is 5.56 Å². The SMILES string of the molecule is CCC(C)(C)C(OO)c1ccc(C(=NOS(=O)(=O)c2c(C)cc(C)cc2C)C(F)(F)F)cc1. The highest BCUT2D eigenvalue weighted by molar-refractivity contribution is 7.86. The van der Waals surface area contributed by atoms with E-state index in [1.807, 2.05) is 20.8 Å². The quantitative estimate of drug-likeness (QED) is 0.270. The van der Waals surface area contributed by atoms with Crippen molar-refractivity contribution in [2.75, 3.05) is 0 Å². The van der Waals surface area contributed by atoms with E-state index in [1.165, 1.54) is 26.0 Å². The van der Waals surface area contributed by atoms with Gasteiger partial charge in [-0.15, -0.1) is 0 Å². The van der Waals surface area contributed by atoms with Crippen LogP contribution in [0.25, 0.3) is 0 Å². The average Bonchev–Trinajstić information content (AvgIpc) is 2.67. The topological polar surface area (TPSA) is 85.2 Å². The van der Waals surface area contributed by atoms with Crippen molar-refractivity contribution in [1.82, 2.24) is 0 Å². The number of oxime groups is 1. The Morgan fingerprint density at radius 1 is 1.06 bits per heavy atom. The Bertz CT molecular complexity index is 1100. The highest BCUT2D eigenvalue weighted by Gasteiger charge is 2.39. The van der Waals surface area contributed by atoms with E-state index in [2.05, 4.69) is 14.3 Å². The molecule has 0 heterocycles. The highest BCUT2D eigenvalue weighted by atomic mass is 32.2. The van der Waals surface area contributed by atoms with Crippen LogP contribution in [0.15, 0.2) is 46.4 Å². The number of hydrogen-bond acceptors (Lipinski definition) is 6. The number of benzene rings is 2. The van der Waals surface area contributed by atoms with Crippen molar-refractivity contribution in [3.05, 3.63) is 64.2 Å². The molecule has 0 bridgehead atoms. The smallest absolute Gasteiger partial charge is 0.264 e. The Kier molecular flexibility index (Phi) is 7.98. The van der Waals surface area contributed by atoms with Crippen LogP contribution in [0.3, 0.4) is 0 Å². The zero-order valence-corrected chi connectivity index (χ0v) is 20.1. The van der Waals surface area contributed by atoms with Gasteiger partial charge < -0.3 is 0 Å². The van der Waals surface area contributed by atoms with Crippen LogP contribution in [0, 0.1) is 26.2 Å². The van der Waals surface area contributed by atoms with E-state index in [9.17, 15) is 26.8 Å². The first-order valence-corrected chi connectivity index (χ1v) is 11.6. The molecule has 6 nitrogen and oxygen atoms in total. The van der Waals surface area contributed by atoms with E-state index in [0.717, 1.165) is 17.7 Å². The van der Waals surface area contributed by atoms with Crippen LogP contribution < -0.4 is 0 Å². The number of hydrogen-bond donors (Lipinski definition) is 1. The van der Waals surface area contributed by atoms with E-state index in [4.69, 9.17) is 0 Å². The summed E-state index contributed by atoms with van der Waals surface area (Å²) in [7, 11) is -4.59. The van der Waals surface area contributed by atoms with Gasteiger partial charge in [0.2, 0.25) is 0 Å². The summed E-state index contributed by atoms with van der Waals surface area (Å²) in [6.07, 6.45) is -5.12. The molecule has 33 heavy (non-hydrogen) atoms. The van der Waals surface area contributed by atoms with Crippen molar-refractivity contribution >= 4 is 15.8 Å². The Labute approximate surface area is 192 Å². The summed E-state index contributed by atoms with van der Waals surface area (Å²) in [5.74, 6) is 0. The van der Waals surface area contributed by atoms with Crippen molar-refractivity contribution in [3.8, 4) is 0 Å². The molecule has 0 aliphatic carbocycles. The molecule has 0 spiro atoms. The standard InChI is InChI=1S/C23H28F3NO5S/c1-7-22(5,6)21(31-28)18-10-8-17(9-11-18)20(23(24,25)26)27-32-33(29,30)19-15(3)12-14(2)13-16(19)4/h8-13,21,28H,7H2,1-6H3. The minimum absolute atomic E-state index is 0.224. The molecule has 0 aromatic heterocycles. The first kappa shape index (κ1) is 26.8. The van der Waals surface area contributed by atoms with Gasteiger partial charge in [-0.3, -0.25) is 9.54 Å². The fourth-order valence-corrected chi connectivity index (χ4v) is 4.76. The predicted octanol–water partition coefficient (Wildman–Crippen LogP) is 6.25. The lowest BCUT2D eigenvalue weighted by Gasteiger charge is -2.31. The third-order valence-electron chi connectivity index (χ3n) is 5.56. The van der Waals surface area contributed by atoms with Crippen molar-refractivity contribution in [1.29, 1.82) is 0 Å². The molecule has 182 valence electrons. The number of halogens is 3. The van der Waals surface area contributed by atoms with Crippen molar-refractivity contribution in [2.24, 2.45) is 10.6 Å². The number of aryl methyl sites for hydroxylation is 3. The fraction of sp³-hybridized carbons (Fsp3) is 0.435. The van der Waals surface area contributed by atoms with Gasteiger partial charge in [0.15, 0.2) is 5.71 Å². The number of alkyl halides is 3. The van der Waals surface area contributed by atoms with E-state index in [0.29, 0.717) is 23.1 Å². The summed E-state index contributed by atoms with van der Waals surface area (Å²) in [4.78, 5) is 4.35. The normalized spacial score (nSPS) is 14.3. The zero-order chi connectivity index (χ0) is 25.2. The monoisotopic (exact) mass is 487 g/mol. The molecule has 2 aromatic rings. The molecule has 0 amide bonds. The van der Waals surface area contributed by atoms with Crippen LogP contribution in [-0.2, 0) is 19.3 Å². The molecular formula is C23H28F3NO5S. The van der Waals surface area contributed by atoms with Crippen LogP contribution >= 0.6 is 0 Å². The van der Waals surface area contributed by atoms with Gasteiger partial charge in [-0.1, -0.05) is 67.9 Å². The molecular weight excluding hydrogens is 459 g/mol. The zero-order valence-electron chi connectivity index (χ0n) is 19.3. The number of rotatable bonds is 8. The second kappa shape index (κ2) is 9.82. The molecule has 0 fully saturated rings. The van der Waals surface area contributed by atoms with E-state index >= 15 is 0 Å². The third-order valence-corrected chi connectivity index (χ3v) is 6.98. The van der Waals surface area contributed by atoms with Gasteiger partial charge in [-0.25, -0.2) is 4.89 Å². The highest BCUT2D eigenvalue weighted by Crippen LogP contribution is 2.39. The summed E-state index contributed by atoms with van der Waals surface area (Å²) < 4.78 is 70.9.